The van der Waals surface area contributed by atoms with Crippen molar-refractivity contribution in [2.24, 2.45) is 0 Å². The van der Waals surface area contributed by atoms with Crippen LogP contribution < -0.4 is 25.8 Å². The Bertz CT molecular complexity index is 1560. The van der Waals surface area contributed by atoms with Crippen molar-refractivity contribution in [3.8, 4) is 11.4 Å². The summed E-state index contributed by atoms with van der Waals surface area (Å²) in [7, 11) is 3.46. The van der Waals surface area contributed by atoms with Crippen molar-refractivity contribution < 1.29 is 9.53 Å². The molecular formula is C28H31N7O3. The normalized spacial score (nSPS) is 13.5. The number of benzene rings is 2. The van der Waals surface area contributed by atoms with Crippen molar-refractivity contribution in [3.63, 3.8) is 0 Å². The Balaban J connectivity index is 1.48. The highest BCUT2D eigenvalue weighted by atomic mass is 16.5. The number of methoxy groups -OCH3 is 1. The van der Waals surface area contributed by atoms with E-state index in [0.29, 0.717) is 41.8 Å². The molecule has 5 rings (SSSR count). The number of anilines is 4. The molecule has 10 nitrogen and oxygen atoms in total. The Morgan fingerprint density at radius 2 is 1.82 bits per heavy atom. The van der Waals surface area contributed by atoms with Crippen LogP contribution in [-0.4, -0.2) is 65.7 Å². The van der Waals surface area contributed by atoms with E-state index < -0.39 is 0 Å². The third-order valence-corrected chi connectivity index (χ3v) is 6.88. The molecule has 0 unspecified atom stereocenters. The van der Waals surface area contributed by atoms with Gasteiger partial charge in [-0.1, -0.05) is 6.07 Å². The largest absolute Gasteiger partial charge is 0.494 e. The van der Waals surface area contributed by atoms with Gasteiger partial charge in [0, 0.05) is 75.2 Å². The summed E-state index contributed by atoms with van der Waals surface area (Å²) in [6.45, 7) is 6.40. The summed E-state index contributed by atoms with van der Waals surface area (Å²) in [5.41, 5.74) is 4.48. The van der Waals surface area contributed by atoms with E-state index >= 15 is 0 Å². The molecule has 4 aromatic rings. The van der Waals surface area contributed by atoms with Crippen LogP contribution in [0.25, 0.3) is 16.7 Å². The molecule has 10 heteroatoms. The molecule has 196 valence electrons. The first-order chi connectivity index (χ1) is 18.4. The monoisotopic (exact) mass is 513 g/mol. The number of nitrogens with one attached hydrogen (secondary N) is 2. The first-order valence-electron chi connectivity index (χ1n) is 12.5. The number of pyridine rings is 1. The van der Waals surface area contributed by atoms with E-state index in [0.717, 1.165) is 35.4 Å². The molecule has 1 amide bonds. The van der Waals surface area contributed by atoms with Crippen molar-refractivity contribution in [1.82, 2.24) is 19.4 Å². The molecule has 2 aromatic carbocycles. The fourth-order valence-corrected chi connectivity index (χ4v) is 4.74. The van der Waals surface area contributed by atoms with Gasteiger partial charge in [0.2, 0.25) is 11.9 Å². The van der Waals surface area contributed by atoms with Gasteiger partial charge in [0.05, 0.1) is 18.5 Å². The van der Waals surface area contributed by atoms with Gasteiger partial charge >= 0.3 is 0 Å². The zero-order valence-corrected chi connectivity index (χ0v) is 22.0. The van der Waals surface area contributed by atoms with Crippen LogP contribution in [0.3, 0.4) is 0 Å². The second kappa shape index (κ2) is 10.4. The van der Waals surface area contributed by atoms with E-state index in [9.17, 15) is 9.59 Å². The fourth-order valence-electron chi connectivity index (χ4n) is 4.74. The summed E-state index contributed by atoms with van der Waals surface area (Å²) in [4.78, 5) is 38.1. The molecule has 1 aliphatic heterocycles. The average molecular weight is 514 g/mol. The van der Waals surface area contributed by atoms with E-state index in [1.54, 1.807) is 30.9 Å². The van der Waals surface area contributed by atoms with Gasteiger partial charge < -0.3 is 25.2 Å². The van der Waals surface area contributed by atoms with E-state index in [-0.39, 0.29) is 11.5 Å². The third-order valence-electron chi connectivity index (χ3n) is 6.88. The number of aromatic nitrogens is 3. The number of piperazine rings is 1. The quantitative estimate of drug-likeness (QED) is 0.403. The summed E-state index contributed by atoms with van der Waals surface area (Å²) < 4.78 is 7.28. The Morgan fingerprint density at radius 3 is 2.53 bits per heavy atom. The highest BCUT2D eigenvalue weighted by Crippen LogP contribution is 2.32. The molecule has 38 heavy (non-hydrogen) atoms. The number of ether oxygens (including phenoxy) is 1. The van der Waals surface area contributed by atoms with Crippen LogP contribution in [0, 0.1) is 6.92 Å². The Kier molecular flexibility index (Phi) is 6.87. The predicted octanol–water partition coefficient (Wildman–Crippen LogP) is 3.55. The van der Waals surface area contributed by atoms with E-state index in [2.05, 4.69) is 20.5 Å². The number of amides is 1. The zero-order chi connectivity index (χ0) is 26.8. The van der Waals surface area contributed by atoms with Gasteiger partial charge in [-0.25, -0.2) is 4.98 Å². The van der Waals surface area contributed by atoms with Gasteiger partial charge in [0.15, 0.2) is 5.65 Å². The maximum absolute atomic E-state index is 13.1. The second-order valence-electron chi connectivity index (χ2n) is 9.23. The van der Waals surface area contributed by atoms with Crippen molar-refractivity contribution in [3.05, 3.63) is 70.6 Å². The molecule has 1 fully saturated rings. The third kappa shape index (κ3) is 4.84. The molecule has 0 bridgehead atoms. The number of hydrogen-bond acceptors (Lipinski definition) is 8. The number of nitrogens with zero attached hydrogens (tertiary/aromatic N) is 5. The lowest BCUT2D eigenvalue weighted by Gasteiger charge is -2.35. The lowest BCUT2D eigenvalue weighted by Crippen LogP contribution is -2.48. The Hall–Kier alpha value is -4.60. The van der Waals surface area contributed by atoms with Crippen LogP contribution >= 0.6 is 0 Å². The summed E-state index contributed by atoms with van der Waals surface area (Å²) in [5, 5.41) is 7.16. The van der Waals surface area contributed by atoms with Gasteiger partial charge in [-0.2, -0.15) is 4.98 Å². The highest BCUT2D eigenvalue weighted by Gasteiger charge is 2.20. The lowest BCUT2D eigenvalue weighted by molar-refractivity contribution is -0.129. The van der Waals surface area contributed by atoms with Crippen LogP contribution in [0.1, 0.15) is 12.5 Å². The van der Waals surface area contributed by atoms with Crippen molar-refractivity contribution in [2.45, 2.75) is 13.8 Å². The summed E-state index contributed by atoms with van der Waals surface area (Å²) in [6.07, 6.45) is 1.73. The van der Waals surface area contributed by atoms with Gasteiger partial charge in [0.25, 0.3) is 5.56 Å². The molecule has 0 radical (unpaired) electrons. The molecule has 0 saturated carbocycles. The molecule has 3 heterocycles. The van der Waals surface area contributed by atoms with E-state index in [4.69, 9.17) is 9.72 Å². The molecule has 0 aliphatic carbocycles. The minimum absolute atomic E-state index is 0.104. The summed E-state index contributed by atoms with van der Waals surface area (Å²) in [5.74, 6) is 1.10. The minimum Gasteiger partial charge on any atom is -0.494 e. The number of rotatable bonds is 6. The summed E-state index contributed by atoms with van der Waals surface area (Å²) in [6, 6.07) is 15.1. The average Bonchev–Trinajstić information content (AvgIpc) is 2.93. The smallest absolute Gasteiger partial charge is 0.257 e. The van der Waals surface area contributed by atoms with Gasteiger partial charge in [-0.15, -0.1) is 0 Å². The topological polar surface area (TPSA) is 105 Å². The van der Waals surface area contributed by atoms with Gasteiger partial charge in [0.1, 0.15) is 5.75 Å². The maximum atomic E-state index is 13.1. The lowest BCUT2D eigenvalue weighted by atomic mass is 10.2. The van der Waals surface area contributed by atoms with Crippen LogP contribution in [0.2, 0.25) is 0 Å². The predicted molar refractivity (Wildman–Crippen MR) is 150 cm³/mol. The van der Waals surface area contributed by atoms with Crippen LogP contribution in [0.15, 0.2) is 59.5 Å². The Labute approximate surface area is 220 Å². The first-order valence-corrected chi connectivity index (χ1v) is 12.5. The maximum Gasteiger partial charge on any atom is 0.257 e. The van der Waals surface area contributed by atoms with Gasteiger partial charge in [-0.3, -0.25) is 14.2 Å². The van der Waals surface area contributed by atoms with Crippen molar-refractivity contribution in [1.29, 1.82) is 0 Å². The Morgan fingerprint density at radius 1 is 1.03 bits per heavy atom. The number of aryl methyl sites for hydroxylation is 1. The highest BCUT2D eigenvalue weighted by molar-refractivity contribution is 5.81. The van der Waals surface area contributed by atoms with E-state index in [1.165, 1.54) is 0 Å². The standard InChI is InChI=1S/C28H31N7O3/c1-18-14-26(37)35(22-7-5-6-20(15-22)29-3)27-23(18)17-30-28(32-27)31-24-9-8-21(16-25(24)38-4)34-12-10-33(11-13-34)19(2)36/h5-9,14-17,29H,10-13H2,1-4H3,(H,30,31,32). The van der Waals surface area contributed by atoms with Gasteiger partial charge in [-0.05, 0) is 42.8 Å². The van der Waals surface area contributed by atoms with E-state index in [1.807, 2.05) is 61.3 Å². The molecule has 0 atom stereocenters. The number of carbonyl (C=O) groups excluding carboxylic acids is 1. The molecule has 0 spiro atoms. The van der Waals surface area contributed by atoms with Crippen molar-refractivity contribution in [2.75, 3.05) is 55.9 Å². The zero-order valence-electron chi connectivity index (χ0n) is 22.0. The number of fused-ring (bicyclic) bond motifs is 1. The molecule has 2 aromatic heterocycles. The van der Waals surface area contributed by atoms with Crippen molar-refractivity contribution >= 4 is 40.0 Å². The molecule has 2 N–H and O–H groups in total. The SMILES string of the molecule is CNc1cccc(-n2c(=O)cc(C)c3cnc(Nc4ccc(N5CCN(C(C)=O)CC5)cc4OC)nc32)c1. The van der Waals surface area contributed by atoms with Crippen LogP contribution in [-0.2, 0) is 4.79 Å². The fraction of sp³-hybridized carbons (Fsp3) is 0.286. The summed E-state index contributed by atoms with van der Waals surface area (Å²) >= 11 is 0. The van der Waals surface area contributed by atoms with Crippen LogP contribution in [0.4, 0.5) is 23.0 Å². The molecule has 1 saturated heterocycles. The number of hydrogen-bond donors (Lipinski definition) is 2. The molecular weight excluding hydrogens is 482 g/mol. The van der Waals surface area contributed by atoms with Crippen LogP contribution in [0.5, 0.6) is 5.75 Å². The second-order valence-corrected chi connectivity index (χ2v) is 9.23. The molecule has 1 aliphatic rings. The minimum atomic E-state index is -0.167. The number of carbonyl (C=O) groups is 1. The first kappa shape index (κ1) is 25.1.